The van der Waals surface area contributed by atoms with Crippen LogP contribution in [0.15, 0.2) is 35.5 Å². The summed E-state index contributed by atoms with van der Waals surface area (Å²) in [6, 6.07) is 6.19. The first-order valence-electron chi connectivity index (χ1n) is 9.60. The molecule has 0 atom stereocenters. The van der Waals surface area contributed by atoms with Crippen molar-refractivity contribution in [3.63, 3.8) is 0 Å². The summed E-state index contributed by atoms with van der Waals surface area (Å²) < 4.78 is 30.7. The number of anilines is 1. The number of benzene rings is 2. The Labute approximate surface area is 174 Å². The lowest BCUT2D eigenvalue weighted by Crippen LogP contribution is -2.53. The summed E-state index contributed by atoms with van der Waals surface area (Å²) in [6.07, 6.45) is 1.25. The second-order valence-electron chi connectivity index (χ2n) is 7.65. The van der Waals surface area contributed by atoms with Gasteiger partial charge in [-0.25, -0.2) is 8.78 Å². The lowest BCUT2D eigenvalue weighted by atomic mass is 9.98. The molecule has 0 radical (unpaired) electrons. The number of aliphatic imine (C=N–C) groups is 1. The fourth-order valence-electron chi connectivity index (χ4n) is 3.94. The van der Waals surface area contributed by atoms with Gasteiger partial charge < -0.3 is 15.3 Å². The van der Waals surface area contributed by atoms with Crippen molar-refractivity contribution in [1.29, 1.82) is 0 Å². The lowest BCUT2D eigenvalue weighted by molar-refractivity contribution is -0.145. The lowest BCUT2D eigenvalue weighted by Gasteiger charge is -2.38. The van der Waals surface area contributed by atoms with Crippen LogP contribution in [0.2, 0.25) is 0 Å². The van der Waals surface area contributed by atoms with Gasteiger partial charge in [-0.1, -0.05) is 6.07 Å². The zero-order chi connectivity index (χ0) is 21.9. The van der Waals surface area contributed by atoms with E-state index in [-0.39, 0.29) is 10.9 Å². The van der Waals surface area contributed by atoms with Crippen LogP contribution in [0.25, 0.3) is 10.9 Å². The van der Waals surface area contributed by atoms with Crippen LogP contribution in [0.1, 0.15) is 21.5 Å². The average molecular weight is 425 g/mol. The Bertz CT molecular complexity index is 1290. The standard InChI is InChI=1S/C21H17F2N5O3/c1-27-16-5-15(22)17(18(23)14(16)7-25-27)20(29)26-12-3-2-10-6-24-19(13(10)4-12)28-8-11(9-28)21(30)31/h2-5,7,11H,6,8-9H2,1H3,(H,26,29)(H,30,31). The van der Waals surface area contributed by atoms with Gasteiger partial charge in [0.25, 0.3) is 5.91 Å². The molecule has 3 aromatic rings. The molecule has 3 heterocycles. The monoisotopic (exact) mass is 425 g/mol. The quantitative estimate of drug-likeness (QED) is 0.671. The molecule has 0 saturated carbocycles. The van der Waals surface area contributed by atoms with Crippen LogP contribution in [0.5, 0.6) is 0 Å². The van der Waals surface area contributed by atoms with Crippen molar-refractivity contribution in [2.45, 2.75) is 6.54 Å². The summed E-state index contributed by atoms with van der Waals surface area (Å²) in [5.74, 6) is -3.46. The molecule has 5 rings (SSSR count). The molecule has 1 amide bonds. The average Bonchev–Trinajstić information content (AvgIpc) is 3.24. The van der Waals surface area contributed by atoms with E-state index in [1.807, 2.05) is 4.90 Å². The van der Waals surface area contributed by atoms with Gasteiger partial charge >= 0.3 is 5.97 Å². The number of carboxylic acid groups (broad SMARTS) is 1. The molecule has 31 heavy (non-hydrogen) atoms. The van der Waals surface area contributed by atoms with Crippen molar-refractivity contribution >= 4 is 34.3 Å². The summed E-state index contributed by atoms with van der Waals surface area (Å²) in [7, 11) is 1.56. The zero-order valence-electron chi connectivity index (χ0n) is 16.4. The topological polar surface area (TPSA) is 99.8 Å². The summed E-state index contributed by atoms with van der Waals surface area (Å²) in [4.78, 5) is 30.1. The molecule has 1 saturated heterocycles. The highest BCUT2D eigenvalue weighted by Gasteiger charge is 2.36. The summed E-state index contributed by atoms with van der Waals surface area (Å²) in [5.41, 5.74) is 1.63. The number of halogens is 2. The maximum Gasteiger partial charge on any atom is 0.310 e. The number of likely N-dealkylation sites (tertiary alicyclic amines) is 1. The number of hydrogen-bond acceptors (Lipinski definition) is 5. The number of carbonyl (C=O) groups is 2. The minimum Gasteiger partial charge on any atom is -0.481 e. The normalized spacial score (nSPS) is 15.6. The molecule has 10 heteroatoms. The number of carboxylic acids is 1. The molecule has 1 aromatic heterocycles. The molecule has 2 aromatic carbocycles. The number of fused-ring (bicyclic) bond motifs is 2. The molecule has 1 fully saturated rings. The van der Waals surface area contributed by atoms with Gasteiger partial charge in [-0.15, -0.1) is 0 Å². The van der Waals surface area contributed by atoms with Gasteiger partial charge in [0.05, 0.1) is 29.6 Å². The Hall–Kier alpha value is -3.82. The molecule has 0 aliphatic carbocycles. The van der Waals surface area contributed by atoms with Crippen molar-refractivity contribution in [1.82, 2.24) is 14.7 Å². The number of aromatic nitrogens is 2. The van der Waals surface area contributed by atoms with Gasteiger partial charge in [0.15, 0.2) is 0 Å². The highest BCUT2D eigenvalue weighted by atomic mass is 19.1. The summed E-state index contributed by atoms with van der Waals surface area (Å²) in [5, 5.41) is 15.6. The fraction of sp³-hybridized carbons (Fsp3) is 0.238. The molecular weight excluding hydrogens is 408 g/mol. The second-order valence-corrected chi connectivity index (χ2v) is 7.65. The van der Waals surface area contributed by atoms with E-state index in [0.717, 1.165) is 17.2 Å². The summed E-state index contributed by atoms with van der Waals surface area (Å²) in [6.45, 7) is 1.19. The van der Waals surface area contributed by atoms with Crippen molar-refractivity contribution in [3.8, 4) is 0 Å². The fourth-order valence-corrected chi connectivity index (χ4v) is 3.94. The Kier molecular flexibility index (Phi) is 4.24. The third-order valence-corrected chi connectivity index (χ3v) is 5.71. The van der Waals surface area contributed by atoms with Crippen molar-refractivity contribution in [2.24, 2.45) is 18.0 Å². The third kappa shape index (κ3) is 3.02. The van der Waals surface area contributed by atoms with Gasteiger partial charge in [-0.2, -0.15) is 5.10 Å². The number of aliphatic carboxylic acids is 1. The van der Waals surface area contributed by atoms with Crippen LogP contribution >= 0.6 is 0 Å². The molecular formula is C21H17F2N5O3. The van der Waals surface area contributed by atoms with E-state index in [1.54, 1.807) is 25.2 Å². The van der Waals surface area contributed by atoms with Crippen LogP contribution in [-0.2, 0) is 18.4 Å². The minimum absolute atomic E-state index is 0.0585. The van der Waals surface area contributed by atoms with Crippen LogP contribution in [0, 0.1) is 17.6 Å². The van der Waals surface area contributed by atoms with Gasteiger partial charge in [0, 0.05) is 37.5 Å². The number of hydrogen-bond donors (Lipinski definition) is 2. The Morgan fingerprint density at radius 1 is 1.23 bits per heavy atom. The molecule has 2 N–H and O–H groups in total. The Morgan fingerprint density at radius 3 is 2.74 bits per heavy atom. The van der Waals surface area contributed by atoms with Gasteiger partial charge in [-0.3, -0.25) is 19.3 Å². The molecule has 0 unspecified atom stereocenters. The molecule has 2 aliphatic rings. The molecule has 158 valence electrons. The van der Waals surface area contributed by atoms with E-state index in [9.17, 15) is 18.4 Å². The smallest absolute Gasteiger partial charge is 0.310 e. The zero-order valence-corrected chi connectivity index (χ0v) is 16.4. The van der Waals surface area contributed by atoms with Crippen LogP contribution < -0.4 is 5.32 Å². The largest absolute Gasteiger partial charge is 0.481 e. The first kappa shape index (κ1) is 19.2. The van der Waals surface area contributed by atoms with E-state index in [1.165, 1.54) is 10.9 Å². The number of rotatable bonds is 3. The predicted octanol–water partition coefficient (Wildman–Crippen LogP) is 2.38. The molecule has 2 aliphatic heterocycles. The maximum atomic E-state index is 14.8. The Morgan fingerprint density at radius 2 is 2.00 bits per heavy atom. The number of amides is 1. The molecule has 0 spiro atoms. The van der Waals surface area contributed by atoms with E-state index >= 15 is 0 Å². The van der Waals surface area contributed by atoms with Gasteiger partial charge in [-0.05, 0) is 17.7 Å². The van der Waals surface area contributed by atoms with Crippen molar-refractivity contribution < 1.29 is 23.5 Å². The number of amidine groups is 1. The highest BCUT2D eigenvalue weighted by Crippen LogP contribution is 2.29. The summed E-state index contributed by atoms with van der Waals surface area (Å²) >= 11 is 0. The minimum atomic E-state index is -0.977. The van der Waals surface area contributed by atoms with E-state index in [4.69, 9.17) is 5.11 Å². The van der Waals surface area contributed by atoms with E-state index in [2.05, 4.69) is 15.4 Å². The van der Waals surface area contributed by atoms with Crippen molar-refractivity contribution in [3.05, 3.63) is 58.8 Å². The van der Waals surface area contributed by atoms with E-state index < -0.39 is 35.0 Å². The van der Waals surface area contributed by atoms with Crippen LogP contribution in [-0.4, -0.2) is 50.6 Å². The molecule has 0 bridgehead atoms. The first-order valence-corrected chi connectivity index (χ1v) is 9.60. The van der Waals surface area contributed by atoms with Gasteiger partial charge in [0.1, 0.15) is 23.0 Å². The number of carbonyl (C=O) groups excluding carboxylic acids is 1. The van der Waals surface area contributed by atoms with E-state index in [0.29, 0.717) is 31.2 Å². The maximum absolute atomic E-state index is 14.8. The number of aryl methyl sites for hydroxylation is 1. The highest BCUT2D eigenvalue weighted by molar-refractivity contribution is 6.08. The van der Waals surface area contributed by atoms with Crippen molar-refractivity contribution in [2.75, 3.05) is 18.4 Å². The predicted molar refractivity (Wildman–Crippen MR) is 108 cm³/mol. The van der Waals surface area contributed by atoms with Crippen LogP contribution in [0.3, 0.4) is 0 Å². The number of nitrogens with one attached hydrogen (secondary N) is 1. The van der Waals surface area contributed by atoms with Crippen LogP contribution in [0.4, 0.5) is 14.5 Å². The molecule has 8 nitrogen and oxygen atoms in total. The SMILES string of the molecule is Cn1ncc2c(F)c(C(=O)Nc3ccc4c(c3)C(N3CC(C(=O)O)C3)=NC4)c(F)cc21. The first-order chi connectivity index (χ1) is 14.8. The number of nitrogens with zero attached hydrogens (tertiary/aromatic N) is 4. The third-order valence-electron chi connectivity index (χ3n) is 5.71. The second kappa shape index (κ2) is 6.86. The van der Waals surface area contributed by atoms with Gasteiger partial charge in [0.2, 0.25) is 0 Å². The Balaban J connectivity index is 1.40.